The molecule has 0 bridgehead atoms. The van der Waals surface area contributed by atoms with Crippen LogP contribution in [0.15, 0.2) is 42.5 Å². The van der Waals surface area contributed by atoms with Crippen molar-refractivity contribution in [1.82, 2.24) is 0 Å². The second-order valence-electron chi connectivity index (χ2n) is 5.14. The molecule has 0 saturated carbocycles. The predicted molar refractivity (Wildman–Crippen MR) is 91.4 cm³/mol. The minimum atomic E-state index is 0.519. The first kappa shape index (κ1) is 14.4. The maximum Gasteiger partial charge on any atom is 0.120 e. The van der Waals surface area contributed by atoms with E-state index in [0.29, 0.717) is 6.61 Å². The predicted octanol–water partition coefficient (Wildman–Crippen LogP) is 4.99. The highest BCUT2D eigenvalue weighted by molar-refractivity contribution is 7.80. The number of halogens is 1. The zero-order valence-corrected chi connectivity index (χ0v) is 13.1. The Morgan fingerprint density at radius 2 is 2.05 bits per heavy atom. The lowest BCUT2D eigenvalue weighted by Crippen LogP contribution is -2.06. The zero-order valence-electron chi connectivity index (χ0n) is 11.6. The van der Waals surface area contributed by atoms with Crippen molar-refractivity contribution in [3.63, 3.8) is 0 Å². The summed E-state index contributed by atoms with van der Waals surface area (Å²) in [6.45, 7) is 0.519. The van der Waals surface area contributed by atoms with Crippen LogP contribution < -0.4 is 10.1 Å². The third kappa shape index (κ3) is 3.74. The molecule has 0 amide bonds. The van der Waals surface area contributed by atoms with Gasteiger partial charge in [0, 0.05) is 10.7 Å². The molecule has 108 valence electrons. The summed E-state index contributed by atoms with van der Waals surface area (Å²) >= 11 is 11.3. The highest BCUT2D eigenvalue weighted by Gasteiger charge is 2.11. The summed E-state index contributed by atoms with van der Waals surface area (Å²) in [5.41, 5.74) is 3.43. The van der Waals surface area contributed by atoms with E-state index >= 15 is 0 Å². The lowest BCUT2D eigenvalue weighted by atomic mass is 10.1. The number of fused-ring (bicyclic) bond motifs is 1. The van der Waals surface area contributed by atoms with E-state index in [1.165, 1.54) is 5.56 Å². The van der Waals surface area contributed by atoms with E-state index in [1.807, 2.05) is 36.4 Å². The fraction of sp³-hybridized carbons (Fsp3) is 0.235. The maximum absolute atomic E-state index is 5.98. The molecule has 0 spiro atoms. The van der Waals surface area contributed by atoms with E-state index in [2.05, 4.69) is 11.4 Å². The second kappa shape index (κ2) is 6.46. The van der Waals surface area contributed by atoms with Crippen LogP contribution in [-0.4, -0.2) is 4.99 Å². The molecule has 0 unspecified atom stereocenters. The quantitative estimate of drug-likeness (QED) is 0.805. The Labute approximate surface area is 135 Å². The SMILES string of the molecule is S=C1CCCc2cc(OCc3cccc(Cl)c3)ccc2N1. The van der Waals surface area contributed by atoms with E-state index in [9.17, 15) is 0 Å². The molecule has 4 heteroatoms. The van der Waals surface area contributed by atoms with Crippen LogP contribution in [0.25, 0.3) is 0 Å². The first-order valence-corrected chi connectivity index (χ1v) is 7.79. The molecular formula is C17H16ClNOS. The number of ether oxygens (including phenoxy) is 1. The highest BCUT2D eigenvalue weighted by Crippen LogP contribution is 2.27. The molecule has 2 aromatic rings. The van der Waals surface area contributed by atoms with Crippen LogP contribution in [0.1, 0.15) is 24.0 Å². The molecule has 1 heterocycles. The number of hydrogen-bond donors (Lipinski definition) is 1. The molecule has 2 nitrogen and oxygen atoms in total. The molecule has 3 rings (SSSR count). The summed E-state index contributed by atoms with van der Waals surface area (Å²) in [6.07, 6.45) is 3.05. The smallest absolute Gasteiger partial charge is 0.120 e. The van der Waals surface area contributed by atoms with Gasteiger partial charge in [-0.25, -0.2) is 0 Å². The molecular weight excluding hydrogens is 302 g/mol. The first-order chi connectivity index (χ1) is 10.2. The molecule has 1 aliphatic rings. The molecule has 21 heavy (non-hydrogen) atoms. The van der Waals surface area contributed by atoms with Crippen LogP contribution in [0.4, 0.5) is 5.69 Å². The number of hydrogen-bond acceptors (Lipinski definition) is 2. The van der Waals surface area contributed by atoms with Crippen molar-refractivity contribution in [2.45, 2.75) is 25.9 Å². The summed E-state index contributed by atoms with van der Waals surface area (Å²) in [7, 11) is 0. The number of aryl methyl sites for hydroxylation is 1. The first-order valence-electron chi connectivity index (χ1n) is 7.01. The molecule has 0 atom stereocenters. The molecule has 0 aliphatic carbocycles. The van der Waals surface area contributed by atoms with Crippen LogP contribution in [0.3, 0.4) is 0 Å². The molecule has 0 saturated heterocycles. The summed E-state index contributed by atoms with van der Waals surface area (Å²) in [6, 6.07) is 13.8. The van der Waals surface area contributed by atoms with Crippen molar-refractivity contribution >= 4 is 34.5 Å². The maximum atomic E-state index is 5.98. The fourth-order valence-electron chi connectivity index (χ4n) is 2.43. The van der Waals surface area contributed by atoms with Gasteiger partial charge in [0.2, 0.25) is 0 Å². The lowest BCUT2D eigenvalue weighted by molar-refractivity contribution is 0.306. The van der Waals surface area contributed by atoms with Gasteiger partial charge in [0.1, 0.15) is 12.4 Å². The highest BCUT2D eigenvalue weighted by atomic mass is 35.5. The van der Waals surface area contributed by atoms with Gasteiger partial charge in [0.25, 0.3) is 0 Å². The van der Waals surface area contributed by atoms with Gasteiger partial charge in [0.05, 0.1) is 4.99 Å². The molecule has 2 aromatic carbocycles. The number of thiocarbonyl (C=S) groups is 1. The molecule has 0 aromatic heterocycles. The van der Waals surface area contributed by atoms with Gasteiger partial charge >= 0.3 is 0 Å². The lowest BCUT2D eigenvalue weighted by Gasteiger charge is -2.11. The minimum Gasteiger partial charge on any atom is -0.489 e. The second-order valence-corrected chi connectivity index (χ2v) is 6.07. The number of anilines is 1. The van der Waals surface area contributed by atoms with E-state index < -0.39 is 0 Å². The van der Waals surface area contributed by atoms with Gasteiger partial charge in [-0.3, -0.25) is 0 Å². The summed E-state index contributed by atoms with van der Waals surface area (Å²) in [5.74, 6) is 0.878. The average Bonchev–Trinajstić information content (AvgIpc) is 2.65. The van der Waals surface area contributed by atoms with Crippen LogP contribution in [0, 0.1) is 0 Å². The molecule has 0 radical (unpaired) electrons. The molecule has 0 fully saturated rings. The monoisotopic (exact) mass is 317 g/mol. The van der Waals surface area contributed by atoms with E-state index in [0.717, 1.165) is 46.3 Å². The van der Waals surface area contributed by atoms with Gasteiger partial charge in [-0.15, -0.1) is 0 Å². The summed E-state index contributed by atoms with van der Waals surface area (Å²) < 4.78 is 5.86. The summed E-state index contributed by atoms with van der Waals surface area (Å²) in [4.78, 5) is 0.918. The number of benzene rings is 2. The third-order valence-corrected chi connectivity index (χ3v) is 4.04. The summed E-state index contributed by atoms with van der Waals surface area (Å²) in [5, 5.41) is 4.02. The van der Waals surface area contributed by atoms with Crippen molar-refractivity contribution < 1.29 is 4.74 Å². The van der Waals surface area contributed by atoms with Gasteiger partial charge < -0.3 is 10.1 Å². The van der Waals surface area contributed by atoms with Crippen LogP contribution in [0.5, 0.6) is 5.75 Å². The van der Waals surface area contributed by atoms with Crippen LogP contribution >= 0.6 is 23.8 Å². The van der Waals surface area contributed by atoms with E-state index in [1.54, 1.807) is 0 Å². The van der Waals surface area contributed by atoms with Crippen LogP contribution in [-0.2, 0) is 13.0 Å². The van der Waals surface area contributed by atoms with E-state index in [4.69, 9.17) is 28.6 Å². The van der Waals surface area contributed by atoms with Crippen LogP contribution in [0.2, 0.25) is 5.02 Å². The van der Waals surface area contributed by atoms with Crippen molar-refractivity contribution in [3.8, 4) is 5.75 Å². The van der Waals surface area contributed by atoms with Gasteiger partial charge in [-0.1, -0.05) is 36.0 Å². The Kier molecular flexibility index (Phi) is 4.42. The normalized spacial score (nSPS) is 14.0. The van der Waals surface area contributed by atoms with Crippen molar-refractivity contribution in [2.75, 3.05) is 5.32 Å². The van der Waals surface area contributed by atoms with Gasteiger partial charge in [-0.2, -0.15) is 0 Å². The Hall–Kier alpha value is -1.58. The third-order valence-electron chi connectivity index (χ3n) is 3.50. The average molecular weight is 318 g/mol. The van der Waals surface area contributed by atoms with E-state index in [-0.39, 0.29) is 0 Å². The van der Waals surface area contributed by atoms with Crippen molar-refractivity contribution in [1.29, 1.82) is 0 Å². The molecule has 1 aliphatic heterocycles. The Morgan fingerprint density at radius 1 is 1.14 bits per heavy atom. The van der Waals surface area contributed by atoms with Gasteiger partial charge in [-0.05, 0) is 60.7 Å². The zero-order chi connectivity index (χ0) is 14.7. The molecule has 1 N–H and O–H groups in total. The minimum absolute atomic E-state index is 0.519. The van der Waals surface area contributed by atoms with Crippen molar-refractivity contribution in [2.24, 2.45) is 0 Å². The largest absolute Gasteiger partial charge is 0.489 e. The number of rotatable bonds is 3. The Bertz CT molecular complexity index is 672. The number of nitrogens with one attached hydrogen (secondary N) is 1. The van der Waals surface area contributed by atoms with Gasteiger partial charge in [0.15, 0.2) is 0 Å². The Balaban J connectivity index is 1.72. The standard InChI is InChI=1S/C17H16ClNOS/c18-14-5-1-3-12(9-14)11-20-15-7-8-16-13(10-15)4-2-6-17(21)19-16/h1,3,5,7-10H,2,4,6,11H2,(H,19,21). The van der Waals surface area contributed by atoms with Crippen molar-refractivity contribution in [3.05, 3.63) is 58.6 Å². The Morgan fingerprint density at radius 3 is 2.90 bits per heavy atom. The fourth-order valence-corrected chi connectivity index (χ4v) is 2.90. The topological polar surface area (TPSA) is 21.3 Å².